The van der Waals surface area contributed by atoms with Crippen LogP contribution in [0.1, 0.15) is 0 Å². The molecule has 0 radical (unpaired) electrons. The second-order valence-electron chi connectivity index (χ2n) is 7.95. The lowest BCUT2D eigenvalue weighted by molar-refractivity contribution is 1.13. The van der Waals surface area contributed by atoms with E-state index in [-0.39, 0.29) is 0 Å². The number of benzene rings is 3. The molecule has 1 aliphatic carbocycles. The molecule has 0 bridgehead atoms. The van der Waals surface area contributed by atoms with E-state index in [4.69, 9.17) is 4.98 Å². The zero-order valence-electron chi connectivity index (χ0n) is 17.2. The third-order valence-corrected chi connectivity index (χ3v) is 6.23. The van der Waals surface area contributed by atoms with E-state index in [1.807, 2.05) is 24.4 Å². The Kier molecular flexibility index (Phi) is 3.47. The number of hydrogen-bond donors (Lipinski definition) is 0. The molecule has 3 nitrogen and oxygen atoms in total. The Balaban J connectivity index is 1.73. The van der Waals surface area contributed by atoms with Crippen LogP contribution in [0.15, 0.2) is 115 Å². The van der Waals surface area contributed by atoms with Gasteiger partial charge in [0.05, 0.1) is 28.4 Å². The van der Waals surface area contributed by atoms with E-state index in [0.717, 1.165) is 33.6 Å². The van der Waals surface area contributed by atoms with Crippen LogP contribution < -0.4 is 0 Å². The van der Waals surface area contributed by atoms with Crippen LogP contribution in [0.2, 0.25) is 0 Å². The Morgan fingerprint density at radius 2 is 1.31 bits per heavy atom. The van der Waals surface area contributed by atoms with Crippen LogP contribution in [0.4, 0.5) is 0 Å². The standard InChI is InChI=1S/C29H17N3/c1-3-11-20(12-4-1)31-24-17-9-7-15-22(24)27-26(31)19-30-29-28(27)23-16-8-10-18-25(23)32(29)21-13-5-2-6-14-21/h2-3,5-19H. The summed E-state index contributed by atoms with van der Waals surface area (Å²) in [6, 6.07) is 27.6. The number of pyridine rings is 1. The quantitative estimate of drug-likeness (QED) is 0.283. The molecule has 6 aromatic rings. The minimum Gasteiger partial charge on any atom is -0.307 e. The van der Waals surface area contributed by atoms with Crippen molar-refractivity contribution in [1.82, 2.24) is 14.1 Å². The van der Waals surface area contributed by atoms with E-state index < -0.39 is 0 Å². The zero-order chi connectivity index (χ0) is 21.1. The van der Waals surface area contributed by atoms with Crippen LogP contribution in [-0.2, 0) is 0 Å². The first-order chi connectivity index (χ1) is 15.9. The highest BCUT2D eigenvalue weighted by Crippen LogP contribution is 2.41. The Hall–Kier alpha value is -4.55. The van der Waals surface area contributed by atoms with E-state index in [9.17, 15) is 0 Å². The maximum Gasteiger partial charge on any atom is 0.146 e. The van der Waals surface area contributed by atoms with Gasteiger partial charge in [-0.2, -0.15) is 0 Å². The van der Waals surface area contributed by atoms with Gasteiger partial charge in [-0.3, -0.25) is 4.57 Å². The van der Waals surface area contributed by atoms with Crippen molar-refractivity contribution >= 4 is 49.4 Å². The van der Waals surface area contributed by atoms with Crippen molar-refractivity contribution in [3.63, 3.8) is 0 Å². The van der Waals surface area contributed by atoms with Gasteiger partial charge in [0.25, 0.3) is 0 Å². The highest BCUT2D eigenvalue weighted by atomic mass is 15.1. The topological polar surface area (TPSA) is 22.8 Å². The molecular weight excluding hydrogens is 390 g/mol. The lowest BCUT2D eigenvalue weighted by Crippen LogP contribution is -1.97. The molecule has 0 aliphatic heterocycles. The Morgan fingerprint density at radius 3 is 2.06 bits per heavy atom. The van der Waals surface area contributed by atoms with Gasteiger partial charge in [-0.05, 0) is 36.4 Å². The van der Waals surface area contributed by atoms with Crippen molar-refractivity contribution in [3.05, 3.63) is 115 Å². The van der Waals surface area contributed by atoms with E-state index in [1.165, 1.54) is 21.5 Å². The largest absolute Gasteiger partial charge is 0.307 e. The summed E-state index contributed by atoms with van der Waals surface area (Å²) in [5.41, 5.74) is 12.7. The Labute approximate surface area is 184 Å². The van der Waals surface area contributed by atoms with E-state index in [1.54, 1.807) is 0 Å². The van der Waals surface area contributed by atoms with Crippen LogP contribution in [0.3, 0.4) is 0 Å². The van der Waals surface area contributed by atoms with Gasteiger partial charge in [-0.15, -0.1) is 0 Å². The molecule has 0 N–H and O–H groups in total. The molecule has 0 atom stereocenters. The average Bonchev–Trinajstić information content (AvgIpc) is 3.38. The third-order valence-electron chi connectivity index (χ3n) is 6.23. The van der Waals surface area contributed by atoms with Crippen LogP contribution in [-0.4, -0.2) is 14.1 Å². The molecule has 0 saturated heterocycles. The summed E-state index contributed by atoms with van der Waals surface area (Å²) in [7, 11) is 0. The molecule has 0 spiro atoms. The fourth-order valence-electron chi connectivity index (χ4n) is 4.96. The molecule has 0 unspecified atom stereocenters. The zero-order valence-corrected chi connectivity index (χ0v) is 17.2. The minimum absolute atomic E-state index is 0.973. The second-order valence-corrected chi connectivity index (χ2v) is 7.95. The smallest absolute Gasteiger partial charge is 0.146 e. The van der Waals surface area contributed by atoms with Crippen molar-refractivity contribution in [3.8, 4) is 5.69 Å². The molecular formula is C29H17N3. The first kappa shape index (κ1) is 17.2. The van der Waals surface area contributed by atoms with Gasteiger partial charge in [0.2, 0.25) is 0 Å². The molecule has 1 aliphatic rings. The predicted molar refractivity (Wildman–Crippen MR) is 132 cm³/mol. The highest BCUT2D eigenvalue weighted by Gasteiger charge is 2.21. The van der Waals surface area contributed by atoms with E-state index in [0.29, 0.717) is 0 Å². The maximum absolute atomic E-state index is 5.03. The SMILES string of the molecule is C1=C=CC(n2c3ccccc3c3c4c5ccccc5n(-c5ccccc5)c4ncc32)=CC=1. The van der Waals surface area contributed by atoms with Crippen LogP contribution in [0.25, 0.3) is 55.1 Å². The van der Waals surface area contributed by atoms with Crippen molar-refractivity contribution in [2.24, 2.45) is 0 Å². The number of para-hydroxylation sites is 3. The molecule has 3 heterocycles. The number of allylic oxidation sites excluding steroid dienone is 4. The van der Waals surface area contributed by atoms with Crippen molar-refractivity contribution in [2.45, 2.75) is 0 Å². The number of rotatable bonds is 2. The molecule has 0 amide bonds. The average molecular weight is 407 g/mol. The van der Waals surface area contributed by atoms with Gasteiger partial charge in [0, 0.05) is 33.3 Å². The second kappa shape index (κ2) is 6.47. The van der Waals surface area contributed by atoms with E-state index >= 15 is 0 Å². The predicted octanol–water partition coefficient (Wildman–Crippen LogP) is 7.01. The third kappa shape index (κ3) is 2.24. The molecule has 3 heteroatoms. The van der Waals surface area contributed by atoms with Crippen LogP contribution in [0, 0.1) is 0 Å². The van der Waals surface area contributed by atoms with Crippen molar-refractivity contribution in [1.29, 1.82) is 0 Å². The van der Waals surface area contributed by atoms with Crippen molar-refractivity contribution in [2.75, 3.05) is 0 Å². The molecule has 0 fully saturated rings. The summed E-state index contributed by atoms with van der Waals surface area (Å²) >= 11 is 0. The normalized spacial score (nSPS) is 13.1. The van der Waals surface area contributed by atoms with Crippen LogP contribution >= 0.6 is 0 Å². The minimum atomic E-state index is 0.973. The Morgan fingerprint density at radius 1 is 0.625 bits per heavy atom. The summed E-state index contributed by atoms with van der Waals surface area (Å²) in [6.07, 6.45) is 7.96. The van der Waals surface area contributed by atoms with Gasteiger partial charge in [-0.25, -0.2) is 4.98 Å². The van der Waals surface area contributed by atoms with Gasteiger partial charge in [-0.1, -0.05) is 66.1 Å². The maximum atomic E-state index is 5.03. The molecule has 148 valence electrons. The summed E-state index contributed by atoms with van der Waals surface area (Å²) in [4.78, 5) is 5.03. The van der Waals surface area contributed by atoms with E-state index in [2.05, 4.69) is 99.5 Å². The molecule has 0 saturated carbocycles. The molecule has 32 heavy (non-hydrogen) atoms. The lowest BCUT2D eigenvalue weighted by atomic mass is 10.1. The molecule has 3 aromatic heterocycles. The fraction of sp³-hybridized carbons (Fsp3) is 0. The molecule has 3 aromatic carbocycles. The summed E-state index contributed by atoms with van der Waals surface area (Å²) in [5.74, 6) is 0. The summed E-state index contributed by atoms with van der Waals surface area (Å²) in [6.45, 7) is 0. The van der Waals surface area contributed by atoms with Crippen molar-refractivity contribution < 1.29 is 0 Å². The highest BCUT2D eigenvalue weighted by molar-refractivity contribution is 6.28. The van der Waals surface area contributed by atoms with Gasteiger partial charge in [0.15, 0.2) is 0 Å². The Bertz CT molecular complexity index is 1830. The number of aromatic nitrogens is 3. The lowest BCUT2D eigenvalue weighted by Gasteiger charge is -2.09. The van der Waals surface area contributed by atoms with Gasteiger partial charge >= 0.3 is 0 Å². The first-order valence-electron chi connectivity index (χ1n) is 10.7. The molecule has 7 rings (SSSR count). The number of fused-ring (bicyclic) bond motifs is 7. The van der Waals surface area contributed by atoms with Gasteiger partial charge in [0.1, 0.15) is 5.65 Å². The number of hydrogen-bond acceptors (Lipinski definition) is 1. The summed E-state index contributed by atoms with van der Waals surface area (Å²) < 4.78 is 4.54. The fourth-order valence-corrected chi connectivity index (χ4v) is 4.96. The first-order valence-corrected chi connectivity index (χ1v) is 10.7. The monoisotopic (exact) mass is 407 g/mol. The van der Waals surface area contributed by atoms with Gasteiger partial charge < -0.3 is 4.57 Å². The van der Waals surface area contributed by atoms with Crippen LogP contribution in [0.5, 0.6) is 0 Å². The number of nitrogens with zero attached hydrogens (tertiary/aromatic N) is 3. The summed E-state index contributed by atoms with van der Waals surface area (Å²) in [5, 5.41) is 4.84.